The van der Waals surface area contributed by atoms with Gasteiger partial charge in [-0.15, -0.1) is 0 Å². The highest BCUT2D eigenvalue weighted by atomic mass is 16.2. The van der Waals surface area contributed by atoms with Crippen molar-refractivity contribution < 1.29 is 4.79 Å². The van der Waals surface area contributed by atoms with Crippen LogP contribution in [-0.4, -0.2) is 15.5 Å². The second kappa shape index (κ2) is 6.35. The van der Waals surface area contributed by atoms with E-state index in [9.17, 15) is 9.59 Å². The Labute approximate surface area is 123 Å². The lowest BCUT2D eigenvalue weighted by Crippen LogP contribution is -2.29. The summed E-state index contributed by atoms with van der Waals surface area (Å²) < 4.78 is 1.36. The average Bonchev–Trinajstić information content (AvgIpc) is 2.43. The Kier molecular flexibility index (Phi) is 4.52. The number of rotatable bonds is 4. The van der Waals surface area contributed by atoms with Crippen molar-refractivity contribution in [3.05, 3.63) is 57.8 Å². The molecule has 0 saturated carbocycles. The van der Waals surface area contributed by atoms with E-state index < -0.39 is 0 Å². The van der Waals surface area contributed by atoms with E-state index in [4.69, 9.17) is 0 Å². The molecule has 21 heavy (non-hydrogen) atoms. The number of carbonyl (C=O) groups is 1. The Morgan fingerprint density at radius 2 is 1.90 bits per heavy atom. The zero-order valence-corrected chi connectivity index (χ0v) is 12.5. The highest BCUT2D eigenvalue weighted by molar-refractivity contribution is 5.90. The molecular weight excluding hydrogens is 266 g/mol. The van der Waals surface area contributed by atoms with Gasteiger partial charge in [0.1, 0.15) is 12.4 Å². The Hall–Kier alpha value is -2.43. The van der Waals surface area contributed by atoms with Gasteiger partial charge in [-0.2, -0.15) is 0 Å². The topological polar surface area (TPSA) is 64.0 Å². The second-order valence-corrected chi connectivity index (χ2v) is 4.97. The maximum absolute atomic E-state index is 12.0. The fourth-order valence-electron chi connectivity index (χ4n) is 2.12. The quantitative estimate of drug-likeness (QED) is 0.935. The number of hydrogen-bond donors (Lipinski definition) is 1. The summed E-state index contributed by atoms with van der Waals surface area (Å²) in [6.07, 6.45) is 0.956. The van der Waals surface area contributed by atoms with Crippen LogP contribution in [0.25, 0.3) is 0 Å². The molecule has 0 spiro atoms. The number of aromatic nitrogens is 2. The first-order valence-corrected chi connectivity index (χ1v) is 6.93. The van der Waals surface area contributed by atoms with Crippen molar-refractivity contribution >= 4 is 11.6 Å². The van der Waals surface area contributed by atoms with Crippen molar-refractivity contribution in [3.63, 3.8) is 0 Å². The summed E-state index contributed by atoms with van der Waals surface area (Å²) in [5.74, 6) is 0.298. The number of benzene rings is 1. The maximum Gasteiger partial charge on any atom is 0.254 e. The molecule has 0 bridgehead atoms. The van der Waals surface area contributed by atoms with Crippen LogP contribution in [0.15, 0.2) is 35.1 Å². The van der Waals surface area contributed by atoms with Crippen LogP contribution >= 0.6 is 0 Å². The molecule has 0 fully saturated rings. The largest absolute Gasteiger partial charge is 0.325 e. The third-order valence-electron chi connectivity index (χ3n) is 3.27. The van der Waals surface area contributed by atoms with Gasteiger partial charge in [0.25, 0.3) is 5.56 Å². The third-order valence-corrected chi connectivity index (χ3v) is 3.27. The summed E-state index contributed by atoms with van der Waals surface area (Å²) in [5, 5.41) is 2.78. The van der Waals surface area contributed by atoms with E-state index in [0.29, 0.717) is 11.5 Å². The normalized spacial score (nSPS) is 10.4. The molecule has 0 radical (unpaired) electrons. The van der Waals surface area contributed by atoms with Crippen LogP contribution in [0, 0.1) is 13.8 Å². The number of hydrogen-bond acceptors (Lipinski definition) is 3. The highest BCUT2D eigenvalue weighted by Crippen LogP contribution is 2.10. The van der Waals surface area contributed by atoms with E-state index in [1.807, 2.05) is 24.3 Å². The lowest BCUT2D eigenvalue weighted by atomic mass is 10.1. The zero-order valence-electron chi connectivity index (χ0n) is 12.5. The minimum absolute atomic E-state index is 0.0343. The predicted molar refractivity (Wildman–Crippen MR) is 82.4 cm³/mol. The molecule has 0 unspecified atom stereocenters. The Bertz CT molecular complexity index is 702. The first kappa shape index (κ1) is 15.0. The van der Waals surface area contributed by atoms with E-state index in [2.05, 4.69) is 17.2 Å². The molecule has 0 aliphatic carbocycles. The molecule has 1 aromatic heterocycles. The van der Waals surface area contributed by atoms with Crippen LogP contribution in [0.4, 0.5) is 5.69 Å². The van der Waals surface area contributed by atoms with Crippen LogP contribution in [0.2, 0.25) is 0 Å². The average molecular weight is 285 g/mol. The van der Waals surface area contributed by atoms with Gasteiger partial charge in [0.2, 0.25) is 5.91 Å². The highest BCUT2D eigenvalue weighted by Gasteiger charge is 2.08. The van der Waals surface area contributed by atoms with E-state index in [0.717, 1.165) is 12.1 Å². The monoisotopic (exact) mass is 285 g/mol. The van der Waals surface area contributed by atoms with Crippen LogP contribution < -0.4 is 10.9 Å². The second-order valence-electron chi connectivity index (χ2n) is 4.97. The smallest absolute Gasteiger partial charge is 0.254 e. The van der Waals surface area contributed by atoms with E-state index in [1.165, 1.54) is 16.2 Å². The molecule has 0 aliphatic heterocycles. The van der Waals surface area contributed by atoms with E-state index >= 15 is 0 Å². The SMILES string of the molecule is CCc1ccc(NC(=O)Cn2c(C)nc(C)cc2=O)cc1. The first-order valence-electron chi connectivity index (χ1n) is 6.93. The lowest BCUT2D eigenvalue weighted by molar-refractivity contribution is -0.116. The molecule has 2 rings (SSSR count). The number of aryl methyl sites for hydroxylation is 3. The Balaban J connectivity index is 2.10. The lowest BCUT2D eigenvalue weighted by Gasteiger charge is -2.10. The van der Waals surface area contributed by atoms with Gasteiger partial charge < -0.3 is 5.32 Å². The minimum Gasteiger partial charge on any atom is -0.325 e. The van der Waals surface area contributed by atoms with Crippen LogP contribution in [0.1, 0.15) is 24.0 Å². The summed E-state index contributed by atoms with van der Waals surface area (Å²) in [5.41, 5.74) is 2.38. The molecule has 1 amide bonds. The molecule has 1 aromatic carbocycles. The van der Waals surface area contributed by atoms with Crippen LogP contribution in [0.3, 0.4) is 0 Å². The Morgan fingerprint density at radius 3 is 2.48 bits per heavy atom. The third kappa shape index (κ3) is 3.78. The van der Waals surface area contributed by atoms with Crippen LogP contribution in [0.5, 0.6) is 0 Å². The molecule has 5 nitrogen and oxygen atoms in total. The summed E-state index contributed by atoms with van der Waals surface area (Å²) in [6, 6.07) is 9.09. The standard InChI is InChI=1S/C16H19N3O2/c1-4-13-5-7-14(8-6-13)18-15(20)10-19-12(3)17-11(2)9-16(19)21/h5-9H,4,10H2,1-3H3,(H,18,20). The van der Waals surface area contributed by atoms with Gasteiger partial charge in [-0.25, -0.2) is 4.98 Å². The summed E-state index contributed by atoms with van der Waals surface area (Å²) >= 11 is 0. The van der Waals surface area contributed by atoms with E-state index in [-0.39, 0.29) is 18.0 Å². The van der Waals surface area contributed by atoms with Gasteiger partial charge in [-0.1, -0.05) is 19.1 Å². The summed E-state index contributed by atoms with van der Waals surface area (Å²) in [6.45, 7) is 5.52. The van der Waals surface area contributed by atoms with Gasteiger partial charge in [-0.05, 0) is 38.0 Å². The zero-order chi connectivity index (χ0) is 15.4. The molecule has 110 valence electrons. The number of nitrogens with one attached hydrogen (secondary N) is 1. The number of amides is 1. The van der Waals surface area contributed by atoms with Gasteiger partial charge >= 0.3 is 0 Å². The van der Waals surface area contributed by atoms with Crippen LogP contribution in [-0.2, 0) is 17.8 Å². The predicted octanol–water partition coefficient (Wildman–Crippen LogP) is 2.06. The van der Waals surface area contributed by atoms with Crippen molar-refractivity contribution in [2.45, 2.75) is 33.7 Å². The Morgan fingerprint density at radius 1 is 1.24 bits per heavy atom. The van der Waals surface area contributed by atoms with Gasteiger partial charge in [0.15, 0.2) is 0 Å². The first-order chi connectivity index (χ1) is 9.99. The molecule has 5 heteroatoms. The van der Waals surface area contributed by atoms with Gasteiger partial charge in [0.05, 0.1) is 0 Å². The van der Waals surface area contributed by atoms with E-state index in [1.54, 1.807) is 13.8 Å². The molecule has 0 saturated heterocycles. The molecule has 2 aromatic rings. The summed E-state index contributed by atoms with van der Waals surface area (Å²) in [7, 11) is 0. The molecule has 0 aliphatic rings. The molecular formula is C16H19N3O2. The summed E-state index contributed by atoms with van der Waals surface area (Å²) in [4.78, 5) is 28.1. The van der Waals surface area contributed by atoms with Gasteiger partial charge in [0, 0.05) is 17.4 Å². The molecule has 1 heterocycles. The number of carbonyl (C=O) groups excluding carboxylic acids is 1. The van der Waals surface area contributed by atoms with Gasteiger partial charge in [-0.3, -0.25) is 14.2 Å². The van der Waals surface area contributed by atoms with Crippen molar-refractivity contribution in [2.24, 2.45) is 0 Å². The maximum atomic E-state index is 12.0. The van der Waals surface area contributed by atoms with Crippen molar-refractivity contribution in [1.82, 2.24) is 9.55 Å². The van der Waals surface area contributed by atoms with Crippen molar-refractivity contribution in [3.8, 4) is 0 Å². The minimum atomic E-state index is -0.241. The van der Waals surface area contributed by atoms with Crippen molar-refractivity contribution in [1.29, 1.82) is 0 Å². The number of anilines is 1. The molecule has 0 atom stereocenters. The fraction of sp³-hybridized carbons (Fsp3) is 0.312. The number of nitrogens with zero attached hydrogens (tertiary/aromatic N) is 2. The fourth-order valence-corrected chi connectivity index (χ4v) is 2.12. The molecule has 1 N–H and O–H groups in total. The van der Waals surface area contributed by atoms with Crippen molar-refractivity contribution in [2.75, 3.05) is 5.32 Å².